The topological polar surface area (TPSA) is 70.2 Å². The maximum atomic E-state index is 11.4. The van der Waals surface area contributed by atoms with E-state index in [0.29, 0.717) is 12.0 Å². The van der Waals surface area contributed by atoms with Crippen molar-refractivity contribution in [3.05, 3.63) is 33.7 Å². The number of hydrogen-bond acceptors (Lipinski definition) is 2. The molecule has 0 unspecified atom stereocenters. The molecular weight excluding hydrogens is 170 g/mol. The standard InChI is InChI=1S/C9H11NO3/c1-2-3-6-4-10-5-7(8(6)11)9(12)13/h4-5H,2-3H2,1H3,(H,10,11)(H,12,13). The molecular formula is C9H11NO3. The first-order valence-electron chi connectivity index (χ1n) is 4.10. The van der Waals surface area contributed by atoms with Crippen LogP contribution in [0.2, 0.25) is 0 Å². The minimum absolute atomic E-state index is 0.189. The lowest BCUT2D eigenvalue weighted by Gasteiger charge is -1.98. The highest BCUT2D eigenvalue weighted by atomic mass is 16.4. The second-order valence-electron chi connectivity index (χ2n) is 2.78. The van der Waals surface area contributed by atoms with Crippen molar-refractivity contribution in [3.63, 3.8) is 0 Å². The van der Waals surface area contributed by atoms with Crippen LogP contribution in [-0.2, 0) is 6.42 Å². The number of rotatable bonds is 3. The molecule has 1 rings (SSSR count). The Morgan fingerprint density at radius 1 is 1.54 bits per heavy atom. The average molecular weight is 181 g/mol. The van der Waals surface area contributed by atoms with Crippen molar-refractivity contribution < 1.29 is 9.90 Å². The molecule has 0 aliphatic carbocycles. The predicted molar refractivity (Wildman–Crippen MR) is 48.0 cm³/mol. The minimum Gasteiger partial charge on any atom is -0.477 e. The van der Waals surface area contributed by atoms with Crippen LogP contribution in [0.3, 0.4) is 0 Å². The molecule has 1 aromatic heterocycles. The van der Waals surface area contributed by atoms with Crippen molar-refractivity contribution in [2.75, 3.05) is 0 Å². The number of carboxylic acid groups (broad SMARTS) is 1. The zero-order valence-corrected chi connectivity index (χ0v) is 7.33. The summed E-state index contributed by atoms with van der Waals surface area (Å²) in [6.45, 7) is 1.94. The van der Waals surface area contributed by atoms with E-state index >= 15 is 0 Å². The van der Waals surface area contributed by atoms with Crippen molar-refractivity contribution in [2.45, 2.75) is 19.8 Å². The summed E-state index contributed by atoms with van der Waals surface area (Å²) in [4.78, 5) is 24.6. The number of pyridine rings is 1. The molecule has 2 N–H and O–H groups in total. The zero-order valence-electron chi connectivity index (χ0n) is 7.33. The van der Waals surface area contributed by atoms with Crippen LogP contribution in [0.4, 0.5) is 0 Å². The van der Waals surface area contributed by atoms with Crippen LogP contribution in [-0.4, -0.2) is 16.1 Å². The maximum absolute atomic E-state index is 11.4. The Morgan fingerprint density at radius 3 is 2.77 bits per heavy atom. The molecule has 0 bridgehead atoms. The highest BCUT2D eigenvalue weighted by Gasteiger charge is 2.10. The molecule has 4 nitrogen and oxygen atoms in total. The molecule has 13 heavy (non-hydrogen) atoms. The van der Waals surface area contributed by atoms with E-state index in [9.17, 15) is 9.59 Å². The number of aromatic nitrogens is 1. The van der Waals surface area contributed by atoms with E-state index in [-0.39, 0.29) is 11.0 Å². The van der Waals surface area contributed by atoms with Gasteiger partial charge in [0, 0.05) is 18.0 Å². The zero-order chi connectivity index (χ0) is 9.84. The molecule has 0 aliphatic heterocycles. The molecule has 1 heterocycles. The first-order chi connectivity index (χ1) is 6.16. The van der Waals surface area contributed by atoms with Gasteiger partial charge in [0.15, 0.2) is 5.43 Å². The number of hydrogen-bond donors (Lipinski definition) is 2. The van der Waals surface area contributed by atoms with E-state index in [1.807, 2.05) is 6.92 Å². The number of nitrogens with one attached hydrogen (secondary N) is 1. The lowest BCUT2D eigenvalue weighted by Crippen LogP contribution is -2.18. The van der Waals surface area contributed by atoms with E-state index < -0.39 is 5.97 Å². The predicted octanol–water partition coefficient (Wildman–Crippen LogP) is 1.03. The van der Waals surface area contributed by atoms with Gasteiger partial charge in [-0.25, -0.2) is 4.79 Å². The van der Waals surface area contributed by atoms with Gasteiger partial charge in [-0.15, -0.1) is 0 Å². The smallest absolute Gasteiger partial charge is 0.341 e. The van der Waals surface area contributed by atoms with Crippen LogP contribution in [0.5, 0.6) is 0 Å². The number of carbonyl (C=O) groups is 1. The van der Waals surface area contributed by atoms with Gasteiger partial charge in [0.25, 0.3) is 0 Å². The van der Waals surface area contributed by atoms with Crippen LogP contribution in [0, 0.1) is 0 Å². The summed E-state index contributed by atoms with van der Waals surface area (Å²) in [6.07, 6.45) is 4.20. The lowest BCUT2D eigenvalue weighted by molar-refractivity contribution is 0.0695. The third-order valence-corrected chi connectivity index (χ3v) is 1.77. The van der Waals surface area contributed by atoms with Crippen LogP contribution < -0.4 is 5.43 Å². The van der Waals surface area contributed by atoms with E-state index in [4.69, 9.17) is 5.11 Å². The fourth-order valence-corrected chi connectivity index (χ4v) is 1.14. The summed E-state index contributed by atoms with van der Waals surface area (Å²) >= 11 is 0. The Kier molecular flexibility index (Phi) is 2.84. The van der Waals surface area contributed by atoms with Gasteiger partial charge in [0.2, 0.25) is 0 Å². The summed E-state index contributed by atoms with van der Waals surface area (Å²) < 4.78 is 0. The number of aryl methyl sites for hydroxylation is 1. The highest BCUT2D eigenvalue weighted by molar-refractivity contribution is 5.87. The molecule has 1 aromatic rings. The summed E-state index contributed by atoms with van der Waals surface area (Å²) in [7, 11) is 0. The van der Waals surface area contributed by atoms with Crippen LogP contribution in [0.25, 0.3) is 0 Å². The molecule has 0 amide bonds. The second kappa shape index (κ2) is 3.89. The summed E-state index contributed by atoms with van der Waals surface area (Å²) in [6, 6.07) is 0. The molecule has 0 radical (unpaired) electrons. The Bertz CT molecular complexity index is 367. The molecule has 4 heteroatoms. The van der Waals surface area contributed by atoms with E-state index in [1.54, 1.807) is 6.20 Å². The Hall–Kier alpha value is -1.58. The van der Waals surface area contributed by atoms with Gasteiger partial charge < -0.3 is 10.1 Å². The molecule has 70 valence electrons. The lowest BCUT2D eigenvalue weighted by atomic mass is 10.1. The van der Waals surface area contributed by atoms with Crippen molar-refractivity contribution in [1.29, 1.82) is 0 Å². The largest absolute Gasteiger partial charge is 0.477 e. The number of aromatic carboxylic acids is 1. The van der Waals surface area contributed by atoms with Gasteiger partial charge in [0.1, 0.15) is 5.56 Å². The number of H-pyrrole nitrogens is 1. The van der Waals surface area contributed by atoms with Gasteiger partial charge in [-0.2, -0.15) is 0 Å². The van der Waals surface area contributed by atoms with Gasteiger partial charge in [-0.05, 0) is 6.42 Å². The van der Waals surface area contributed by atoms with Crippen molar-refractivity contribution in [2.24, 2.45) is 0 Å². The van der Waals surface area contributed by atoms with Gasteiger partial charge in [-0.1, -0.05) is 13.3 Å². The molecule has 0 aromatic carbocycles. The van der Waals surface area contributed by atoms with Crippen LogP contribution in [0.1, 0.15) is 29.3 Å². The van der Waals surface area contributed by atoms with E-state index in [0.717, 1.165) is 6.42 Å². The summed E-state index contributed by atoms with van der Waals surface area (Å²) in [5.74, 6) is -1.18. The molecule has 0 fully saturated rings. The van der Waals surface area contributed by atoms with Crippen molar-refractivity contribution in [1.82, 2.24) is 4.98 Å². The Balaban J connectivity index is 3.19. The first-order valence-corrected chi connectivity index (χ1v) is 4.10. The molecule has 0 atom stereocenters. The number of carboxylic acids is 1. The SMILES string of the molecule is CCCc1c[nH]cc(C(=O)O)c1=O. The molecule has 0 saturated carbocycles. The fourth-order valence-electron chi connectivity index (χ4n) is 1.14. The minimum atomic E-state index is -1.18. The Labute approximate surface area is 75.2 Å². The third kappa shape index (κ3) is 1.96. The Morgan fingerprint density at radius 2 is 2.23 bits per heavy atom. The number of aromatic amines is 1. The fraction of sp³-hybridized carbons (Fsp3) is 0.333. The van der Waals surface area contributed by atoms with Gasteiger partial charge >= 0.3 is 5.97 Å². The molecule has 0 spiro atoms. The van der Waals surface area contributed by atoms with Gasteiger partial charge in [-0.3, -0.25) is 4.79 Å². The third-order valence-electron chi connectivity index (χ3n) is 1.77. The molecule has 0 saturated heterocycles. The van der Waals surface area contributed by atoms with Crippen LogP contribution in [0.15, 0.2) is 17.2 Å². The van der Waals surface area contributed by atoms with E-state index in [2.05, 4.69) is 4.98 Å². The van der Waals surface area contributed by atoms with Gasteiger partial charge in [0.05, 0.1) is 0 Å². The molecule has 0 aliphatic rings. The van der Waals surface area contributed by atoms with Crippen LogP contribution >= 0.6 is 0 Å². The normalized spacial score (nSPS) is 9.92. The first kappa shape index (κ1) is 9.51. The van der Waals surface area contributed by atoms with Crippen molar-refractivity contribution in [3.8, 4) is 0 Å². The second-order valence-corrected chi connectivity index (χ2v) is 2.78. The average Bonchev–Trinajstić information content (AvgIpc) is 2.08. The van der Waals surface area contributed by atoms with E-state index in [1.165, 1.54) is 6.20 Å². The quantitative estimate of drug-likeness (QED) is 0.731. The van der Waals surface area contributed by atoms with Crippen molar-refractivity contribution >= 4 is 5.97 Å². The maximum Gasteiger partial charge on any atom is 0.341 e. The monoisotopic (exact) mass is 181 g/mol. The highest BCUT2D eigenvalue weighted by Crippen LogP contribution is 1.97. The summed E-state index contributed by atoms with van der Waals surface area (Å²) in [5, 5.41) is 8.64. The summed E-state index contributed by atoms with van der Waals surface area (Å²) in [5.41, 5.74) is -0.0403.